The highest BCUT2D eigenvalue weighted by molar-refractivity contribution is 7.98. The van der Waals surface area contributed by atoms with E-state index in [1.807, 2.05) is 36.5 Å². The van der Waals surface area contributed by atoms with Crippen LogP contribution in [0.15, 0.2) is 72.1 Å². The van der Waals surface area contributed by atoms with Crippen LogP contribution in [0.2, 0.25) is 0 Å². The number of pyridine rings is 1. The van der Waals surface area contributed by atoms with Gasteiger partial charge < -0.3 is 9.88 Å². The zero-order valence-electron chi connectivity index (χ0n) is 19.4. The van der Waals surface area contributed by atoms with Gasteiger partial charge in [0, 0.05) is 24.1 Å². The highest BCUT2D eigenvalue weighted by Gasteiger charge is 2.13. The fourth-order valence-corrected chi connectivity index (χ4v) is 4.64. The van der Waals surface area contributed by atoms with Gasteiger partial charge in [0.2, 0.25) is 0 Å². The molecular weight excluding hydrogens is 428 g/mol. The van der Waals surface area contributed by atoms with Crippen molar-refractivity contribution >= 4 is 28.7 Å². The second kappa shape index (κ2) is 10.7. The molecule has 0 aliphatic rings. The number of nitrogens with zero attached hydrogens (tertiary/aromatic N) is 3. The smallest absolute Gasteiger partial charge is 0.251 e. The topological polar surface area (TPSA) is 59.8 Å². The number of aryl methyl sites for hydroxylation is 1. The zero-order valence-corrected chi connectivity index (χ0v) is 20.2. The molecule has 1 N–H and O–H groups in total. The zero-order chi connectivity index (χ0) is 23.2. The van der Waals surface area contributed by atoms with Gasteiger partial charge in [-0.2, -0.15) is 0 Å². The lowest BCUT2D eigenvalue weighted by atomic mass is 10.1. The SMILES string of the molecule is Cc1cccc(CSc2nc3ccncc3n2Cc2ccc(C(=O)NCCC(C)C)cc2)c1. The Morgan fingerprint density at radius 3 is 2.67 bits per heavy atom. The minimum absolute atomic E-state index is 0.0196. The fourth-order valence-electron chi connectivity index (χ4n) is 3.68. The highest BCUT2D eigenvalue weighted by Crippen LogP contribution is 2.27. The summed E-state index contributed by atoms with van der Waals surface area (Å²) in [5, 5.41) is 3.97. The van der Waals surface area contributed by atoms with Crippen molar-refractivity contribution in [2.24, 2.45) is 5.92 Å². The normalized spacial score (nSPS) is 11.3. The van der Waals surface area contributed by atoms with Crippen molar-refractivity contribution in [2.45, 2.75) is 44.6 Å². The summed E-state index contributed by atoms with van der Waals surface area (Å²) in [6.07, 6.45) is 4.63. The standard InChI is InChI=1S/C27H30N4OS/c1-19(2)11-14-29-26(32)23-9-7-21(8-10-23)17-31-25-16-28-13-12-24(25)30-27(31)33-18-22-6-4-5-20(3)15-22/h4-10,12-13,15-16,19H,11,14,17-18H2,1-3H3,(H,29,32). The summed E-state index contributed by atoms with van der Waals surface area (Å²) in [5.74, 6) is 1.41. The maximum atomic E-state index is 12.4. The molecule has 0 unspecified atom stereocenters. The minimum atomic E-state index is -0.0196. The van der Waals surface area contributed by atoms with Crippen LogP contribution in [0.25, 0.3) is 11.0 Å². The molecule has 0 atom stereocenters. The Morgan fingerprint density at radius 2 is 1.91 bits per heavy atom. The van der Waals surface area contributed by atoms with Crippen LogP contribution in [0.3, 0.4) is 0 Å². The Labute approximate surface area is 199 Å². The molecule has 0 spiro atoms. The molecule has 33 heavy (non-hydrogen) atoms. The third-order valence-electron chi connectivity index (χ3n) is 5.53. The lowest BCUT2D eigenvalue weighted by Gasteiger charge is -2.11. The van der Waals surface area contributed by atoms with E-state index >= 15 is 0 Å². The third kappa shape index (κ3) is 6.02. The lowest BCUT2D eigenvalue weighted by Crippen LogP contribution is -2.25. The predicted octanol–water partition coefficient (Wildman–Crippen LogP) is 5.86. The number of aromatic nitrogens is 3. The second-order valence-electron chi connectivity index (χ2n) is 8.76. The van der Waals surface area contributed by atoms with E-state index in [1.165, 1.54) is 11.1 Å². The van der Waals surface area contributed by atoms with Gasteiger partial charge in [-0.3, -0.25) is 9.78 Å². The van der Waals surface area contributed by atoms with Gasteiger partial charge in [-0.05, 0) is 48.6 Å². The summed E-state index contributed by atoms with van der Waals surface area (Å²) >= 11 is 1.73. The van der Waals surface area contributed by atoms with Gasteiger partial charge in [0.15, 0.2) is 5.16 Å². The van der Waals surface area contributed by atoms with E-state index in [-0.39, 0.29) is 5.91 Å². The molecule has 0 saturated heterocycles. The number of rotatable bonds is 9. The number of hydrogen-bond acceptors (Lipinski definition) is 4. The summed E-state index contributed by atoms with van der Waals surface area (Å²) in [5.41, 5.74) is 6.31. The van der Waals surface area contributed by atoms with Crippen LogP contribution >= 0.6 is 11.8 Å². The molecule has 170 valence electrons. The molecule has 0 aliphatic heterocycles. The summed E-state index contributed by atoms with van der Waals surface area (Å²) in [7, 11) is 0. The van der Waals surface area contributed by atoms with E-state index in [4.69, 9.17) is 4.98 Å². The first-order chi connectivity index (χ1) is 16.0. The summed E-state index contributed by atoms with van der Waals surface area (Å²) in [6.45, 7) is 7.80. The largest absolute Gasteiger partial charge is 0.352 e. The Kier molecular flexibility index (Phi) is 7.45. The van der Waals surface area contributed by atoms with Gasteiger partial charge in [0.05, 0.1) is 23.8 Å². The van der Waals surface area contributed by atoms with Gasteiger partial charge in [0.25, 0.3) is 5.91 Å². The number of carbonyl (C=O) groups excluding carboxylic acids is 1. The molecule has 2 aromatic heterocycles. The van der Waals surface area contributed by atoms with E-state index in [2.05, 4.69) is 59.9 Å². The quantitative estimate of drug-likeness (QED) is 0.319. The minimum Gasteiger partial charge on any atom is -0.352 e. The van der Waals surface area contributed by atoms with Gasteiger partial charge in [-0.25, -0.2) is 4.98 Å². The number of carbonyl (C=O) groups is 1. The monoisotopic (exact) mass is 458 g/mol. The van der Waals surface area contributed by atoms with Crippen LogP contribution in [0, 0.1) is 12.8 Å². The summed E-state index contributed by atoms with van der Waals surface area (Å²) in [4.78, 5) is 21.6. The Balaban J connectivity index is 1.50. The van der Waals surface area contributed by atoms with E-state index in [0.29, 0.717) is 24.6 Å². The van der Waals surface area contributed by atoms with E-state index < -0.39 is 0 Å². The number of amides is 1. The molecule has 0 saturated carbocycles. The number of fused-ring (bicyclic) bond motifs is 1. The summed E-state index contributed by atoms with van der Waals surface area (Å²) < 4.78 is 2.21. The maximum absolute atomic E-state index is 12.4. The number of benzene rings is 2. The van der Waals surface area contributed by atoms with E-state index in [0.717, 1.165) is 33.9 Å². The van der Waals surface area contributed by atoms with Crippen molar-refractivity contribution in [3.63, 3.8) is 0 Å². The predicted molar refractivity (Wildman–Crippen MR) is 136 cm³/mol. The first kappa shape index (κ1) is 23.1. The second-order valence-corrected chi connectivity index (χ2v) is 9.70. The van der Waals surface area contributed by atoms with E-state index in [1.54, 1.807) is 18.0 Å². The van der Waals surface area contributed by atoms with Gasteiger partial charge in [-0.15, -0.1) is 0 Å². The van der Waals surface area contributed by atoms with Gasteiger partial charge in [-0.1, -0.05) is 67.6 Å². The number of hydrogen-bond donors (Lipinski definition) is 1. The van der Waals surface area contributed by atoms with Gasteiger partial charge in [0.1, 0.15) is 0 Å². The van der Waals surface area contributed by atoms with Crippen molar-refractivity contribution < 1.29 is 4.79 Å². The molecule has 2 heterocycles. The maximum Gasteiger partial charge on any atom is 0.251 e. The number of nitrogens with one attached hydrogen (secondary N) is 1. The first-order valence-corrected chi connectivity index (χ1v) is 12.3. The molecule has 0 fully saturated rings. The van der Waals surface area contributed by atoms with Crippen LogP contribution in [0.5, 0.6) is 0 Å². The highest BCUT2D eigenvalue weighted by atomic mass is 32.2. The number of thioether (sulfide) groups is 1. The van der Waals surface area contributed by atoms with E-state index in [9.17, 15) is 4.79 Å². The molecule has 4 aromatic rings. The molecule has 0 bridgehead atoms. The molecule has 5 nitrogen and oxygen atoms in total. The summed E-state index contributed by atoms with van der Waals surface area (Å²) in [6, 6.07) is 18.4. The third-order valence-corrected chi connectivity index (χ3v) is 6.58. The molecule has 0 radical (unpaired) electrons. The Morgan fingerprint density at radius 1 is 1.09 bits per heavy atom. The van der Waals surface area contributed by atoms with Crippen LogP contribution in [-0.2, 0) is 12.3 Å². The fraction of sp³-hybridized carbons (Fsp3) is 0.296. The Hall–Kier alpha value is -3.12. The average Bonchev–Trinajstić information content (AvgIpc) is 3.15. The van der Waals surface area contributed by atoms with Crippen molar-refractivity contribution in [3.8, 4) is 0 Å². The molecule has 4 rings (SSSR count). The number of imidazole rings is 1. The molecule has 6 heteroatoms. The Bertz CT molecular complexity index is 1230. The average molecular weight is 459 g/mol. The molecular formula is C27H30N4OS. The van der Waals surface area contributed by atoms with Gasteiger partial charge >= 0.3 is 0 Å². The van der Waals surface area contributed by atoms with Crippen LogP contribution in [-0.4, -0.2) is 27.0 Å². The molecule has 1 amide bonds. The van der Waals surface area contributed by atoms with Crippen molar-refractivity contribution in [1.29, 1.82) is 0 Å². The van der Waals surface area contributed by atoms with Crippen LogP contribution in [0.4, 0.5) is 0 Å². The van der Waals surface area contributed by atoms with Crippen molar-refractivity contribution in [2.75, 3.05) is 6.54 Å². The van der Waals surface area contributed by atoms with Crippen LogP contribution < -0.4 is 5.32 Å². The van der Waals surface area contributed by atoms with Crippen molar-refractivity contribution in [1.82, 2.24) is 19.9 Å². The lowest BCUT2D eigenvalue weighted by molar-refractivity contribution is 0.0952. The molecule has 0 aliphatic carbocycles. The molecule has 2 aromatic carbocycles. The van der Waals surface area contributed by atoms with Crippen LogP contribution in [0.1, 0.15) is 47.3 Å². The van der Waals surface area contributed by atoms with Crippen molar-refractivity contribution in [3.05, 3.63) is 89.2 Å². The first-order valence-electron chi connectivity index (χ1n) is 11.4.